The molecule has 1 amide bonds. The molecule has 0 radical (unpaired) electrons. The molecule has 0 saturated carbocycles. The van der Waals surface area contributed by atoms with Crippen LogP contribution < -0.4 is 10.2 Å². The minimum atomic E-state index is -0.173. The summed E-state index contributed by atoms with van der Waals surface area (Å²) in [5.74, 6) is 1.65. The summed E-state index contributed by atoms with van der Waals surface area (Å²) in [5.41, 5.74) is 0.649. The van der Waals surface area contributed by atoms with Gasteiger partial charge in [-0.2, -0.15) is 0 Å². The Bertz CT molecular complexity index is 662. The average Bonchev–Trinajstić information content (AvgIpc) is 2.97. The first kappa shape index (κ1) is 15.5. The number of aromatic nitrogens is 3. The molecule has 1 fully saturated rings. The van der Waals surface area contributed by atoms with Crippen LogP contribution in [0.1, 0.15) is 41.9 Å². The zero-order chi connectivity index (χ0) is 16.2. The van der Waals surface area contributed by atoms with Gasteiger partial charge in [0.05, 0.1) is 11.9 Å². The van der Waals surface area contributed by atoms with Crippen molar-refractivity contribution in [3.8, 4) is 0 Å². The molecular formula is C16H21N5O2. The van der Waals surface area contributed by atoms with E-state index in [-0.39, 0.29) is 11.9 Å². The summed E-state index contributed by atoms with van der Waals surface area (Å²) in [6.45, 7) is 5.45. The number of nitrogens with zero attached hydrogens (tertiary/aromatic N) is 4. The number of oxazole rings is 1. The van der Waals surface area contributed by atoms with Gasteiger partial charge in [0.15, 0.2) is 5.89 Å². The molecule has 0 bridgehead atoms. The molecule has 2 aromatic rings. The van der Waals surface area contributed by atoms with Crippen molar-refractivity contribution in [2.45, 2.75) is 39.2 Å². The van der Waals surface area contributed by atoms with Crippen molar-refractivity contribution >= 4 is 11.7 Å². The van der Waals surface area contributed by atoms with E-state index < -0.39 is 0 Å². The van der Waals surface area contributed by atoms with Crippen LogP contribution in [-0.4, -0.2) is 40.0 Å². The van der Waals surface area contributed by atoms with Crippen LogP contribution >= 0.6 is 0 Å². The Balaban J connectivity index is 1.56. The van der Waals surface area contributed by atoms with E-state index in [1.165, 1.54) is 0 Å². The van der Waals surface area contributed by atoms with Crippen molar-refractivity contribution < 1.29 is 9.21 Å². The second-order valence-electron chi connectivity index (χ2n) is 5.67. The van der Waals surface area contributed by atoms with Crippen LogP contribution in [0.3, 0.4) is 0 Å². The fraction of sp³-hybridized carbons (Fsp3) is 0.500. The topological polar surface area (TPSA) is 84.2 Å². The summed E-state index contributed by atoms with van der Waals surface area (Å²) in [6, 6.07) is 0.144. The normalized spacial score (nSPS) is 15.7. The van der Waals surface area contributed by atoms with Crippen LogP contribution in [0.25, 0.3) is 0 Å². The number of nitrogens with one attached hydrogen (secondary N) is 1. The number of piperidine rings is 1. The zero-order valence-corrected chi connectivity index (χ0v) is 13.5. The molecule has 23 heavy (non-hydrogen) atoms. The second-order valence-corrected chi connectivity index (χ2v) is 5.67. The van der Waals surface area contributed by atoms with Gasteiger partial charge in [-0.3, -0.25) is 9.78 Å². The van der Waals surface area contributed by atoms with Crippen molar-refractivity contribution in [1.29, 1.82) is 0 Å². The molecule has 7 nitrogen and oxygen atoms in total. The Morgan fingerprint density at radius 1 is 1.39 bits per heavy atom. The Morgan fingerprint density at radius 2 is 2.17 bits per heavy atom. The van der Waals surface area contributed by atoms with E-state index in [1.807, 2.05) is 6.92 Å². The molecule has 0 unspecified atom stereocenters. The lowest BCUT2D eigenvalue weighted by Gasteiger charge is -2.32. The van der Waals surface area contributed by atoms with E-state index in [9.17, 15) is 4.79 Å². The highest BCUT2D eigenvalue weighted by Gasteiger charge is 2.24. The van der Waals surface area contributed by atoms with E-state index in [1.54, 1.807) is 25.5 Å². The van der Waals surface area contributed by atoms with E-state index in [0.29, 0.717) is 23.8 Å². The predicted molar refractivity (Wildman–Crippen MR) is 85.4 cm³/mol. The standard InChI is InChI=1S/C16H21N5O2/c1-3-14-19-11(2)15(23-14)16(22)20-12-4-8-21(9-5-12)13-10-17-6-7-18-13/h6-7,10,12H,3-5,8-9H2,1-2H3,(H,20,22). The highest BCUT2D eigenvalue weighted by atomic mass is 16.4. The van der Waals surface area contributed by atoms with Crippen LogP contribution in [0.4, 0.5) is 5.82 Å². The van der Waals surface area contributed by atoms with Gasteiger partial charge >= 0.3 is 0 Å². The SMILES string of the molecule is CCc1nc(C)c(C(=O)NC2CCN(c3cnccn3)CC2)o1. The number of hydrogen-bond acceptors (Lipinski definition) is 6. The Hall–Kier alpha value is -2.44. The lowest BCUT2D eigenvalue weighted by Crippen LogP contribution is -2.45. The smallest absolute Gasteiger partial charge is 0.289 e. The maximum absolute atomic E-state index is 12.3. The van der Waals surface area contributed by atoms with Crippen LogP contribution in [0.15, 0.2) is 23.0 Å². The molecule has 0 aliphatic carbocycles. The molecule has 1 N–H and O–H groups in total. The third-order valence-corrected chi connectivity index (χ3v) is 4.05. The largest absolute Gasteiger partial charge is 0.435 e. The second kappa shape index (κ2) is 6.76. The van der Waals surface area contributed by atoms with E-state index in [2.05, 4.69) is 25.2 Å². The number of rotatable bonds is 4. The van der Waals surface area contributed by atoms with Crippen LogP contribution in [0.5, 0.6) is 0 Å². The van der Waals surface area contributed by atoms with E-state index >= 15 is 0 Å². The molecule has 7 heteroatoms. The summed E-state index contributed by atoms with van der Waals surface area (Å²) in [5, 5.41) is 3.05. The summed E-state index contributed by atoms with van der Waals surface area (Å²) in [7, 11) is 0. The van der Waals surface area contributed by atoms with Gasteiger partial charge < -0.3 is 14.6 Å². The molecule has 0 atom stereocenters. The van der Waals surface area contributed by atoms with Crippen LogP contribution in [0.2, 0.25) is 0 Å². The summed E-state index contributed by atoms with van der Waals surface area (Å²) < 4.78 is 5.51. The fourth-order valence-electron chi connectivity index (χ4n) is 2.77. The third kappa shape index (κ3) is 3.49. The van der Waals surface area contributed by atoms with E-state index in [4.69, 9.17) is 4.42 Å². The van der Waals surface area contributed by atoms with Gasteiger partial charge in [0, 0.05) is 37.9 Å². The molecule has 1 saturated heterocycles. The number of aryl methyl sites for hydroxylation is 2. The number of anilines is 1. The summed E-state index contributed by atoms with van der Waals surface area (Å²) in [6.07, 6.45) is 7.56. The van der Waals surface area contributed by atoms with E-state index in [0.717, 1.165) is 31.7 Å². The van der Waals surface area contributed by atoms with Gasteiger partial charge in [-0.15, -0.1) is 0 Å². The van der Waals surface area contributed by atoms with Gasteiger partial charge in [0.1, 0.15) is 5.82 Å². The van der Waals surface area contributed by atoms with Gasteiger partial charge in [-0.05, 0) is 19.8 Å². The Labute approximate surface area is 135 Å². The lowest BCUT2D eigenvalue weighted by atomic mass is 10.0. The summed E-state index contributed by atoms with van der Waals surface area (Å²) >= 11 is 0. The third-order valence-electron chi connectivity index (χ3n) is 4.05. The van der Waals surface area contributed by atoms with Crippen molar-refractivity contribution in [2.24, 2.45) is 0 Å². The zero-order valence-electron chi connectivity index (χ0n) is 13.5. The molecule has 0 spiro atoms. The van der Waals surface area contributed by atoms with Crippen molar-refractivity contribution in [1.82, 2.24) is 20.3 Å². The molecule has 122 valence electrons. The Kier molecular flexibility index (Phi) is 4.55. The predicted octanol–water partition coefficient (Wildman–Crippen LogP) is 1.73. The minimum absolute atomic E-state index is 0.144. The van der Waals surface area contributed by atoms with Gasteiger partial charge in [0.2, 0.25) is 5.76 Å². The van der Waals surface area contributed by atoms with Gasteiger partial charge in [-0.25, -0.2) is 9.97 Å². The molecule has 1 aliphatic heterocycles. The molecular weight excluding hydrogens is 294 g/mol. The maximum atomic E-state index is 12.3. The first-order chi connectivity index (χ1) is 11.2. The molecule has 3 rings (SSSR count). The highest BCUT2D eigenvalue weighted by molar-refractivity contribution is 5.92. The average molecular weight is 315 g/mol. The quantitative estimate of drug-likeness (QED) is 0.925. The number of carbonyl (C=O) groups excluding carboxylic acids is 1. The number of carbonyl (C=O) groups is 1. The molecule has 3 heterocycles. The summed E-state index contributed by atoms with van der Waals surface area (Å²) in [4.78, 5) is 27.2. The van der Waals surface area contributed by atoms with Gasteiger partial charge in [-0.1, -0.05) is 6.92 Å². The fourth-order valence-corrected chi connectivity index (χ4v) is 2.77. The monoisotopic (exact) mass is 315 g/mol. The minimum Gasteiger partial charge on any atom is -0.435 e. The van der Waals surface area contributed by atoms with Crippen LogP contribution in [-0.2, 0) is 6.42 Å². The maximum Gasteiger partial charge on any atom is 0.289 e. The molecule has 0 aromatic carbocycles. The first-order valence-electron chi connectivity index (χ1n) is 7.95. The Morgan fingerprint density at radius 3 is 2.78 bits per heavy atom. The van der Waals surface area contributed by atoms with Crippen molar-refractivity contribution in [3.63, 3.8) is 0 Å². The van der Waals surface area contributed by atoms with Crippen molar-refractivity contribution in [2.75, 3.05) is 18.0 Å². The van der Waals surface area contributed by atoms with Crippen molar-refractivity contribution in [3.05, 3.63) is 35.9 Å². The van der Waals surface area contributed by atoms with Crippen LogP contribution in [0, 0.1) is 6.92 Å². The molecule has 1 aliphatic rings. The van der Waals surface area contributed by atoms with Gasteiger partial charge in [0.25, 0.3) is 5.91 Å². The lowest BCUT2D eigenvalue weighted by molar-refractivity contribution is 0.0900. The number of amides is 1. The number of hydrogen-bond donors (Lipinski definition) is 1. The molecule has 2 aromatic heterocycles. The highest BCUT2D eigenvalue weighted by Crippen LogP contribution is 2.17. The first-order valence-corrected chi connectivity index (χ1v) is 7.95.